The highest BCUT2D eigenvalue weighted by atomic mass is 32.2. The first-order valence-corrected chi connectivity index (χ1v) is 5.87. The SMILES string of the molecule is Cc1cc(C)nc(SCc2nonc2C)n1. The van der Waals surface area contributed by atoms with Crippen LogP contribution >= 0.6 is 11.8 Å². The van der Waals surface area contributed by atoms with E-state index in [0.717, 1.165) is 27.9 Å². The number of rotatable bonds is 3. The summed E-state index contributed by atoms with van der Waals surface area (Å²) in [5.41, 5.74) is 3.61. The van der Waals surface area contributed by atoms with Crippen LogP contribution in [0, 0.1) is 20.8 Å². The fourth-order valence-corrected chi connectivity index (χ4v) is 2.22. The van der Waals surface area contributed by atoms with Crippen LogP contribution in [0.1, 0.15) is 22.8 Å². The van der Waals surface area contributed by atoms with Crippen molar-refractivity contribution in [1.29, 1.82) is 0 Å². The first kappa shape index (κ1) is 11.1. The van der Waals surface area contributed by atoms with E-state index >= 15 is 0 Å². The Kier molecular flexibility index (Phi) is 3.19. The number of aromatic nitrogens is 4. The van der Waals surface area contributed by atoms with E-state index in [1.54, 1.807) is 0 Å². The molecule has 0 unspecified atom stereocenters. The zero-order valence-electron chi connectivity index (χ0n) is 9.39. The molecule has 0 fully saturated rings. The molecule has 0 amide bonds. The number of aryl methyl sites for hydroxylation is 3. The normalized spacial score (nSPS) is 10.7. The summed E-state index contributed by atoms with van der Waals surface area (Å²) in [4.78, 5) is 8.67. The van der Waals surface area contributed by atoms with Gasteiger partial charge in [0.15, 0.2) is 5.16 Å². The molecule has 2 rings (SSSR count). The second-order valence-corrected chi connectivity index (χ2v) is 4.46. The van der Waals surface area contributed by atoms with Crippen molar-refractivity contribution in [3.05, 3.63) is 28.8 Å². The maximum atomic E-state index is 4.63. The topological polar surface area (TPSA) is 64.7 Å². The lowest BCUT2D eigenvalue weighted by Gasteiger charge is -2.01. The molecule has 2 aromatic heterocycles. The number of hydrogen-bond donors (Lipinski definition) is 0. The van der Waals surface area contributed by atoms with Crippen LogP contribution in [0.5, 0.6) is 0 Å². The minimum atomic E-state index is 0.679. The van der Waals surface area contributed by atoms with Crippen molar-refractivity contribution >= 4 is 11.8 Å². The molecule has 0 spiro atoms. The van der Waals surface area contributed by atoms with Crippen molar-refractivity contribution in [3.63, 3.8) is 0 Å². The highest BCUT2D eigenvalue weighted by Gasteiger charge is 2.07. The van der Waals surface area contributed by atoms with Gasteiger partial charge in [0.05, 0.1) is 0 Å². The monoisotopic (exact) mass is 236 g/mol. The molecule has 0 aliphatic carbocycles. The summed E-state index contributed by atoms with van der Waals surface area (Å²) in [7, 11) is 0. The summed E-state index contributed by atoms with van der Waals surface area (Å²) in [5, 5.41) is 8.30. The van der Waals surface area contributed by atoms with Gasteiger partial charge in [-0.1, -0.05) is 22.1 Å². The van der Waals surface area contributed by atoms with Gasteiger partial charge >= 0.3 is 0 Å². The van der Waals surface area contributed by atoms with E-state index in [1.165, 1.54) is 11.8 Å². The summed E-state index contributed by atoms with van der Waals surface area (Å²) in [6.07, 6.45) is 0. The van der Waals surface area contributed by atoms with Crippen LogP contribution in [-0.4, -0.2) is 20.3 Å². The average molecular weight is 236 g/mol. The molecule has 16 heavy (non-hydrogen) atoms. The van der Waals surface area contributed by atoms with Crippen molar-refractivity contribution in [2.24, 2.45) is 0 Å². The van der Waals surface area contributed by atoms with Gasteiger partial charge in [-0.05, 0) is 26.8 Å². The molecule has 0 aliphatic rings. The summed E-state index contributed by atoms with van der Waals surface area (Å²) in [5.74, 6) is 0.679. The number of hydrogen-bond acceptors (Lipinski definition) is 6. The van der Waals surface area contributed by atoms with Gasteiger partial charge in [-0.2, -0.15) is 0 Å². The Bertz CT molecular complexity index is 477. The third-order valence-corrected chi connectivity index (χ3v) is 2.90. The molecule has 0 N–H and O–H groups in total. The van der Waals surface area contributed by atoms with Crippen LogP contribution in [0.2, 0.25) is 0 Å². The van der Waals surface area contributed by atoms with Gasteiger partial charge in [0.2, 0.25) is 0 Å². The number of nitrogens with zero attached hydrogens (tertiary/aromatic N) is 4. The highest BCUT2D eigenvalue weighted by Crippen LogP contribution is 2.19. The van der Waals surface area contributed by atoms with Crippen molar-refractivity contribution < 1.29 is 4.63 Å². The van der Waals surface area contributed by atoms with E-state index < -0.39 is 0 Å². The van der Waals surface area contributed by atoms with Gasteiger partial charge in [0.25, 0.3) is 0 Å². The minimum absolute atomic E-state index is 0.679. The Morgan fingerprint density at radius 2 is 1.81 bits per heavy atom. The smallest absolute Gasteiger partial charge is 0.188 e. The van der Waals surface area contributed by atoms with Gasteiger partial charge in [-0.15, -0.1) is 0 Å². The van der Waals surface area contributed by atoms with Crippen molar-refractivity contribution in [2.45, 2.75) is 31.7 Å². The molecule has 0 saturated carbocycles. The molecule has 0 radical (unpaired) electrons. The second kappa shape index (κ2) is 4.61. The lowest BCUT2D eigenvalue weighted by molar-refractivity contribution is 0.302. The van der Waals surface area contributed by atoms with E-state index in [2.05, 4.69) is 24.9 Å². The summed E-state index contributed by atoms with van der Waals surface area (Å²) in [6.45, 7) is 5.79. The predicted octanol–water partition coefficient (Wildman–Crippen LogP) is 2.08. The zero-order chi connectivity index (χ0) is 11.5. The Morgan fingerprint density at radius 1 is 1.12 bits per heavy atom. The highest BCUT2D eigenvalue weighted by molar-refractivity contribution is 7.98. The maximum absolute atomic E-state index is 4.63. The van der Waals surface area contributed by atoms with Gasteiger partial charge in [-0.25, -0.2) is 14.6 Å². The van der Waals surface area contributed by atoms with Crippen LogP contribution < -0.4 is 0 Å². The van der Waals surface area contributed by atoms with Gasteiger partial charge in [0, 0.05) is 17.1 Å². The summed E-state index contributed by atoms with van der Waals surface area (Å²) < 4.78 is 4.63. The Balaban J connectivity index is 2.07. The summed E-state index contributed by atoms with van der Waals surface area (Å²) >= 11 is 1.54. The fraction of sp³-hybridized carbons (Fsp3) is 0.400. The Labute approximate surface area is 97.6 Å². The molecule has 2 heterocycles. The van der Waals surface area contributed by atoms with Crippen LogP contribution in [0.4, 0.5) is 0 Å². The van der Waals surface area contributed by atoms with E-state index in [1.807, 2.05) is 26.8 Å². The largest absolute Gasteiger partial charge is 0.244 e. The number of thioether (sulfide) groups is 1. The van der Waals surface area contributed by atoms with Crippen molar-refractivity contribution in [1.82, 2.24) is 20.3 Å². The van der Waals surface area contributed by atoms with Crippen molar-refractivity contribution in [2.75, 3.05) is 0 Å². The molecule has 5 nitrogen and oxygen atoms in total. The lowest BCUT2D eigenvalue weighted by Crippen LogP contribution is -1.94. The van der Waals surface area contributed by atoms with Crippen molar-refractivity contribution in [3.8, 4) is 0 Å². The Morgan fingerprint density at radius 3 is 2.38 bits per heavy atom. The molecule has 0 saturated heterocycles. The van der Waals surface area contributed by atoms with Crippen LogP contribution in [-0.2, 0) is 5.75 Å². The van der Waals surface area contributed by atoms with E-state index in [0.29, 0.717) is 5.75 Å². The first-order chi connectivity index (χ1) is 7.65. The molecule has 2 aromatic rings. The molecule has 0 bridgehead atoms. The second-order valence-electron chi connectivity index (χ2n) is 3.52. The molecule has 0 atom stereocenters. The van der Waals surface area contributed by atoms with Gasteiger partial charge in [-0.3, -0.25) is 0 Å². The van der Waals surface area contributed by atoms with Crippen LogP contribution in [0.3, 0.4) is 0 Å². The van der Waals surface area contributed by atoms with Crippen LogP contribution in [0.25, 0.3) is 0 Å². The zero-order valence-corrected chi connectivity index (χ0v) is 10.2. The molecular formula is C10H12N4OS. The van der Waals surface area contributed by atoms with E-state index in [4.69, 9.17) is 0 Å². The molecule has 0 aliphatic heterocycles. The lowest BCUT2D eigenvalue weighted by atomic mass is 10.4. The fourth-order valence-electron chi connectivity index (χ4n) is 1.27. The Hall–Kier alpha value is -1.43. The van der Waals surface area contributed by atoms with Crippen LogP contribution in [0.15, 0.2) is 15.9 Å². The molecular weight excluding hydrogens is 224 g/mol. The molecule has 84 valence electrons. The predicted molar refractivity (Wildman–Crippen MR) is 60.1 cm³/mol. The quantitative estimate of drug-likeness (QED) is 0.600. The molecule has 0 aromatic carbocycles. The maximum Gasteiger partial charge on any atom is 0.188 e. The average Bonchev–Trinajstić information content (AvgIpc) is 2.59. The van der Waals surface area contributed by atoms with E-state index in [-0.39, 0.29) is 0 Å². The standard InChI is InChI=1S/C10H12N4OS/c1-6-4-7(2)12-10(11-6)16-5-9-8(3)13-15-14-9/h4H,5H2,1-3H3. The van der Waals surface area contributed by atoms with E-state index in [9.17, 15) is 0 Å². The van der Waals surface area contributed by atoms with Gasteiger partial charge < -0.3 is 0 Å². The summed E-state index contributed by atoms with van der Waals surface area (Å²) in [6, 6.07) is 1.95. The minimum Gasteiger partial charge on any atom is -0.244 e. The molecule has 6 heteroatoms. The third kappa shape index (κ3) is 2.57. The first-order valence-electron chi connectivity index (χ1n) is 4.88. The van der Waals surface area contributed by atoms with Gasteiger partial charge in [0.1, 0.15) is 11.4 Å². The third-order valence-electron chi connectivity index (χ3n) is 2.05.